The molecule has 0 spiro atoms. The van der Waals surface area contributed by atoms with Crippen LogP contribution in [0.4, 0.5) is 0 Å². The Hall–Kier alpha value is -0.990. The van der Waals surface area contributed by atoms with Gasteiger partial charge in [0.05, 0.1) is 12.6 Å². The molecule has 104 valence electrons. The van der Waals surface area contributed by atoms with E-state index < -0.39 is 0 Å². The minimum atomic E-state index is 0.150. The number of hydrogen-bond donors (Lipinski definition) is 1. The fourth-order valence-corrected chi connectivity index (χ4v) is 2.62. The molecule has 1 aliphatic rings. The van der Waals surface area contributed by atoms with E-state index in [1.807, 2.05) is 12.1 Å². The van der Waals surface area contributed by atoms with Crippen LogP contribution in [0.3, 0.4) is 0 Å². The van der Waals surface area contributed by atoms with E-state index in [9.17, 15) is 0 Å². The Labute approximate surface area is 120 Å². The highest BCUT2D eigenvalue weighted by atomic mass is 35.5. The van der Waals surface area contributed by atoms with Crippen molar-refractivity contribution in [3.63, 3.8) is 0 Å². The number of aryl methyl sites for hydroxylation is 1. The number of allylic oxidation sites excluding steroid dienone is 1. The topological polar surface area (TPSA) is 21.3 Å². The van der Waals surface area contributed by atoms with Gasteiger partial charge in [0.25, 0.3) is 0 Å². The Balaban J connectivity index is 2.27. The number of nitrogens with one attached hydrogen (secondary N) is 1. The van der Waals surface area contributed by atoms with Crippen LogP contribution < -0.4 is 5.32 Å². The zero-order valence-electron chi connectivity index (χ0n) is 11.7. The van der Waals surface area contributed by atoms with Gasteiger partial charge in [0, 0.05) is 5.02 Å². The van der Waals surface area contributed by atoms with Crippen LogP contribution >= 0.6 is 11.6 Å². The lowest BCUT2D eigenvalue weighted by molar-refractivity contribution is 0.167. The van der Waals surface area contributed by atoms with Crippen LogP contribution in [0.2, 0.25) is 5.02 Å². The van der Waals surface area contributed by atoms with Crippen LogP contribution in [0.5, 0.6) is 0 Å². The van der Waals surface area contributed by atoms with E-state index in [0.717, 1.165) is 43.2 Å². The second kappa shape index (κ2) is 6.97. The predicted molar refractivity (Wildman–Crippen MR) is 80.5 cm³/mol. The molecule has 1 heterocycles. The summed E-state index contributed by atoms with van der Waals surface area (Å²) in [6.45, 7) is 6.08. The first kappa shape index (κ1) is 14.4. The Morgan fingerprint density at radius 3 is 2.89 bits per heavy atom. The minimum absolute atomic E-state index is 0.150. The first-order valence-corrected chi connectivity index (χ1v) is 7.42. The summed E-state index contributed by atoms with van der Waals surface area (Å²) in [4.78, 5) is 0. The second-order valence-corrected chi connectivity index (χ2v) is 5.42. The maximum atomic E-state index is 6.05. The monoisotopic (exact) mass is 279 g/mol. The first-order valence-electron chi connectivity index (χ1n) is 7.04. The van der Waals surface area contributed by atoms with Gasteiger partial charge in [-0.25, -0.2) is 0 Å². The van der Waals surface area contributed by atoms with Crippen molar-refractivity contribution in [1.29, 1.82) is 0 Å². The quantitative estimate of drug-likeness (QED) is 0.863. The lowest BCUT2D eigenvalue weighted by atomic mass is 9.98. The minimum Gasteiger partial charge on any atom is -0.496 e. The third-order valence-corrected chi connectivity index (χ3v) is 3.62. The molecule has 2 rings (SSSR count). The molecule has 0 fully saturated rings. The average Bonchev–Trinajstić information content (AvgIpc) is 2.42. The smallest absolute Gasteiger partial charge is 0.113 e. The summed E-state index contributed by atoms with van der Waals surface area (Å²) in [5, 5.41) is 4.37. The SMILES string of the molecule is CCCNC(C1=CCCCO1)c1ccc(Cl)cc1C. The van der Waals surface area contributed by atoms with Gasteiger partial charge in [-0.3, -0.25) is 0 Å². The van der Waals surface area contributed by atoms with E-state index in [1.54, 1.807) is 0 Å². The molecule has 1 N–H and O–H groups in total. The maximum absolute atomic E-state index is 6.05. The predicted octanol–water partition coefficient (Wildman–Crippen LogP) is 4.38. The van der Waals surface area contributed by atoms with Crippen molar-refractivity contribution in [2.24, 2.45) is 0 Å². The van der Waals surface area contributed by atoms with E-state index in [-0.39, 0.29) is 6.04 Å². The molecule has 0 radical (unpaired) electrons. The summed E-state index contributed by atoms with van der Waals surface area (Å²) in [6.07, 6.45) is 5.54. The van der Waals surface area contributed by atoms with Crippen molar-refractivity contribution in [3.05, 3.63) is 46.2 Å². The number of benzene rings is 1. The largest absolute Gasteiger partial charge is 0.496 e. The normalized spacial score (nSPS) is 16.7. The Morgan fingerprint density at radius 1 is 1.42 bits per heavy atom. The molecule has 3 heteroatoms. The summed E-state index contributed by atoms with van der Waals surface area (Å²) < 4.78 is 5.84. The summed E-state index contributed by atoms with van der Waals surface area (Å²) in [5.74, 6) is 1.06. The number of hydrogen-bond acceptors (Lipinski definition) is 2. The molecular formula is C16H22ClNO. The third kappa shape index (κ3) is 3.74. The highest BCUT2D eigenvalue weighted by molar-refractivity contribution is 6.30. The van der Waals surface area contributed by atoms with Crippen molar-refractivity contribution >= 4 is 11.6 Å². The van der Waals surface area contributed by atoms with Crippen molar-refractivity contribution < 1.29 is 4.74 Å². The molecule has 2 nitrogen and oxygen atoms in total. The van der Waals surface area contributed by atoms with Gasteiger partial charge in [-0.05, 0) is 62.1 Å². The van der Waals surface area contributed by atoms with Crippen LogP contribution in [0.15, 0.2) is 30.0 Å². The molecular weight excluding hydrogens is 258 g/mol. The summed E-state index contributed by atoms with van der Waals surface area (Å²) in [5.41, 5.74) is 2.46. The van der Waals surface area contributed by atoms with Crippen molar-refractivity contribution in [1.82, 2.24) is 5.32 Å². The summed E-state index contributed by atoms with van der Waals surface area (Å²) in [7, 11) is 0. The number of halogens is 1. The molecule has 0 aromatic heterocycles. The lowest BCUT2D eigenvalue weighted by Crippen LogP contribution is -2.26. The third-order valence-electron chi connectivity index (χ3n) is 3.39. The molecule has 1 aromatic rings. The fraction of sp³-hybridized carbons (Fsp3) is 0.500. The van der Waals surface area contributed by atoms with Gasteiger partial charge >= 0.3 is 0 Å². The maximum Gasteiger partial charge on any atom is 0.113 e. The van der Waals surface area contributed by atoms with Gasteiger partial charge in [0.1, 0.15) is 5.76 Å². The molecule has 19 heavy (non-hydrogen) atoms. The number of ether oxygens (including phenoxy) is 1. The van der Waals surface area contributed by atoms with Crippen molar-refractivity contribution in [3.8, 4) is 0 Å². The van der Waals surface area contributed by atoms with Gasteiger partial charge in [-0.15, -0.1) is 0 Å². The molecule has 0 saturated carbocycles. The molecule has 0 aliphatic carbocycles. The van der Waals surface area contributed by atoms with Crippen LogP contribution in [-0.4, -0.2) is 13.2 Å². The average molecular weight is 280 g/mol. The Bertz CT molecular complexity index is 456. The van der Waals surface area contributed by atoms with Crippen LogP contribution in [0.1, 0.15) is 43.4 Å². The zero-order chi connectivity index (χ0) is 13.7. The van der Waals surface area contributed by atoms with E-state index in [0.29, 0.717) is 0 Å². The van der Waals surface area contributed by atoms with Crippen LogP contribution in [-0.2, 0) is 4.74 Å². The highest BCUT2D eigenvalue weighted by Gasteiger charge is 2.20. The summed E-state index contributed by atoms with van der Waals surface area (Å²) in [6, 6.07) is 6.22. The number of rotatable bonds is 5. The standard InChI is InChI=1S/C16H22ClNO/c1-3-9-18-16(15-6-4-5-10-19-15)14-8-7-13(17)11-12(14)2/h6-8,11,16,18H,3-5,9-10H2,1-2H3. The first-order chi connectivity index (χ1) is 9.22. The van der Waals surface area contributed by atoms with Gasteiger partial charge < -0.3 is 10.1 Å². The van der Waals surface area contributed by atoms with E-state index in [4.69, 9.17) is 16.3 Å². The second-order valence-electron chi connectivity index (χ2n) is 4.99. The van der Waals surface area contributed by atoms with E-state index in [1.165, 1.54) is 11.1 Å². The molecule has 0 amide bonds. The molecule has 1 aliphatic heterocycles. The Morgan fingerprint density at radius 2 is 2.26 bits per heavy atom. The zero-order valence-corrected chi connectivity index (χ0v) is 12.5. The molecule has 0 bridgehead atoms. The van der Waals surface area contributed by atoms with Gasteiger partial charge in [0.15, 0.2) is 0 Å². The van der Waals surface area contributed by atoms with Gasteiger partial charge in [0.2, 0.25) is 0 Å². The highest BCUT2D eigenvalue weighted by Crippen LogP contribution is 2.29. The van der Waals surface area contributed by atoms with Crippen LogP contribution in [0, 0.1) is 6.92 Å². The van der Waals surface area contributed by atoms with Crippen LogP contribution in [0.25, 0.3) is 0 Å². The molecule has 1 atom stereocenters. The Kier molecular flexibility index (Phi) is 5.29. The molecule has 1 unspecified atom stereocenters. The summed E-state index contributed by atoms with van der Waals surface area (Å²) >= 11 is 6.05. The van der Waals surface area contributed by atoms with Gasteiger partial charge in [-0.1, -0.05) is 24.6 Å². The van der Waals surface area contributed by atoms with E-state index >= 15 is 0 Å². The van der Waals surface area contributed by atoms with Crippen molar-refractivity contribution in [2.45, 2.75) is 39.2 Å². The lowest BCUT2D eigenvalue weighted by Gasteiger charge is -2.26. The fourth-order valence-electron chi connectivity index (χ4n) is 2.39. The van der Waals surface area contributed by atoms with Crippen molar-refractivity contribution in [2.75, 3.05) is 13.2 Å². The van der Waals surface area contributed by atoms with E-state index in [2.05, 4.69) is 31.3 Å². The molecule has 1 aromatic carbocycles. The molecule has 0 saturated heterocycles. The van der Waals surface area contributed by atoms with Gasteiger partial charge in [-0.2, -0.15) is 0 Å².